The van der Waals surface area contributed by atoms with Crippen molar-refractivity contribution in [1.29, 1.82) is 0 Å². The minimum atomic E-state index is -1.17. The smallest absolute Gasteiger partial charge is 0.354 e. The number of aromatic carboxylic acids is 2. The average Bonchev–Trinajstić information content (AvgIpc) is 2.79. The van der Waals surface area contributed by atoms with Crippen LogP contribution in [0, 0.1) is 0 Å². The lowest BCUT2D eigenvalue weighted by Crippen LogP contribution is -2.05. The first-order chi connectivity index (χ1) is 14.5. The zero-order valence-electron chi connectivity index (χ0n) is 15.7. The number of rotatable bonds is 5. The summed E-state index contributed by atoms with van der Waals surface area (Å²) in [6, 6.07) is 25.0. The van der Waals surface area contributed by atoms with Crippen LogP contribution in [0.2, 0.25) is 0 Å². The minimum absolute atomic E-state index is 0.143. The van der Waals surface area contributed by atoms with E-state index in [0.717, 1.165) is 11.1 Å². The van der Waals surface area contributed by atoms with E-state index < -0.39 is 11.9 Å². The van der Waals surface area contributed by atoms with E-state index in [2.05, 4.69) is 9.97 Å². The summed E-state index contributed by atoms with van der Waals surface area (Å²) < 4.78 is 0. The van der Waals surface area contributed by atoms with Crippen LogP contribution in [-0.2, 0) is 0 Å². The number of carboxylic acid groups (broad SMARTS) is 2. The van der Waals surface area contributed by atoms with Crippen LogP contribution in [-0.4, -0.2) is 32.1 Å². The number of hydrogen-bond acceptors (Lipinski definition) is 4. The van der Waals surface area contributed by atoms with Gasteiger partial charge in [0.1, 0.15) is 11.4 Å². The Hall–Kier alpha value is -4.32. The van der Waals surface area contributed by atoms with Crippen LogP contribution in [0.25, 0.3) is 33.6 Å². The van der Waals surface area contributed by atoms with E-state index in [-0.39, 0.29) is 22.8 Å². The highest BCUT2D eigenvalue weighted by Gasteiger charge is 2.16. The summed E-state index contributed by atoms with van der Waals surface area (Å²) in [5, 5.41) is 19.1. The van der Waals surface area contributed by atoms with Gasteiger partial charge < -0.3 is 10.2 Å². The second-order valence-corrected chi connectivity index (χ2v) is 6.59. The van der Waals surface area contributed by atoms with Gasteiger partial charge in [0.15, 0.2) is 0 Å². The van der Waals surface area contributed by atoms with Crippen LogP contribution in [0.3, 0.4) is 0 Å². The van der Waals surface area contributed by atoms with E-state index in [0.29, 0.717) is 11.1 Å². The Morgan fingerprint density at radius 3 is 1.23 bits per heavy atom. The Bertz CT molecular complexity index is 1140. The molecular weight excluding hydrogens is 380 g/mol. The molecule has 2 N–H and O–H groups in total. The molecule has 0 aliphatic rings. The minimum Gasteiger partial charge on any atom is -0.477 e. The number of benzene rings is 2. The van der Waals surface area contributed by atoms with Crippen molar-refractivity contribution in [3.05, 3.63) is 96.3 Å². The topological polar surface area (TPSA) is 100 Å². The van der Waals surface area contributed by atoms with Crippen LogP contribution in [0.4, 0.5) is 0 Å². The van der Waals surface area contributed by atoms with Crippen molar-refractivity contribution in [1.82, 2.24) is 9.97 Å². The Kier molecular flexibility index (Phi) is 5.05. The molecule has 2 heterocycles. The van der Waals surface area contributed by atoms with Crippen molar-refractivity contribution in [2.45, 2.75) is 0 Å². The largest absolute Gasteiger partial charge is 0.477 e. The fourth-order valence-corrected chi connectivity index (χ4v) is 3.14. The molecule has 0 bridgehead atoms. The van der Waals surface area contributed by atoms with E-state index in [1.807, 2.05) is 60.7 Å². The van der Waals surface area contributed by atoms with Crippen LogP contribution in [0.5, 0.6) is 0 Å². The molecule has 2 aromatic heterocycles. The third kappa shape index (κ3) is 3.93. The molecule has 0 saturated carbocycles. The van der Waals surface area contributed by atoms with Crippen molar-refractivity contribution in [3.63, 3.8) is 0 Å². The van der Waals surface area contributed by atoms with Gasteiger partial charge in [-0.3, -0.25) is 0 Å². The molecule has 6 heteroatoms. The standard InChI is InChI=1S/C24H16N2O4/c27-23(28)21-13-17(15-7-3-1-4-8-15)11-19(25-21)20-12-18(14-22(26-20)24(29)30)16-9-5-2-6-10-16/h1-14H,(H,27,28)(H,29,30). The number of carboxylic acids is 2. The molecule has 4 rings (SSSR count). The number of nitrogens with zero attached hydrogens (tertiary/aromatic N) is 2. The van der Waals surface area contributed by atoms with E-state index in [1.165, 1.54) is 12.1 Å². The Morgan fingerprint density at radius 2 is 0.900 bits per heavy atom. The molecule has 0 radical (unpaired) electrons. The maximum Gasteiger partial charge on any atom is 0.354 e. The summed E-state index contributed by atoms with van der Waals surface area (Å²) in [6.07, 6.45) is 0. The molecule has 0 saturated heterocycles. The maximum absolute atomic E-state index is 11.7. The van der Waals surface area contributed by atoms with Gasteiger partial charge in [0.25, 0.3) is 0 Å². The highest BCUT2D eigenvalue weighted by atomic mass is 16.4. The van der Waals surface area contributed by atoms with Crippen LogP contribution < -0.4 is 0 Å². The third-order valence-electron chi connectivity index (χ3n) is 4.57. The molecule has 2 aromatic carbocycles. The predicted octanol–water partition coefficient (Wildman–Crippen LogP) is 4.87. The van der Waals surface area contributed by atoms with Gasteiger partial charge in [0, 0.05) is 0 Å². The van der Waals surface area contributed by atoms with Gasteiger partial charge in [-0.05, 0) is 46.5 Å². The number of hydrogen-bond donors (Lipinski definition) is 2. The first kappa shape index (κ1) is 19.0. The second kappa shape index (κ2) is 7.97. The quantitative estimate of drug-likeness (QED) is 0.499. The second-order valence-electron chi connectivity index (χ2n) is 6.59. The molecule has 0 unspecified atom stereocenters. The summed E-state index contributed by atoms with van der Waals surface area (Å²) >= 11 is 0. The number of aromatic nitrogens is 2. The van der Waals surface area contributed by atoms with E-state index >= 15 is 0 Å². The fraction of sp³-hybridized carbons (Fsp3) is 0. The maximum atomic E-state index is 11.7. The van der Waals surface area contributed by atoms with Gasteiger partial charge in [-0.25, -0.2) is 19.6 Å². The highest BCUT2D eigenvalue weighted by Crippen LogP contribution is 2.29. The lowest BCUT2D eigenvalue weighted by molar-refractivity contribution is 0.0679. The molecule has 0 aliphatic carbocycles. The van der Waals surface area contributed by atoms with Gasteiger partial charge in [0.05, 0.1) is 11.4 Å². The summed E-state index contributed by atoms with van der Waals surface area (Å²) in [5.41, 5.74) is 3.24. The van der Waals surface area contributed by atoms with Crippen molar-refractivity contribution in [3.8, 4) is 33.6 Å². The van der Waals surface area contributed by atoms with E-state index in [1.54, 1.807) is 12.1 Å². The van der Waals surface area contributed by atoms with Crippen molar-refractivity contribution < 1.29 is 19.8 Å². The molecule has 0 fully saturated rings. The number of pyridine rings is 2. The van der Waals surface area contributed by atoms with Crippen molar-refractivity contribution >= 4 is 11.9 Å². The normalized spacial score (nSPS) is 10.5. The molecule has 0 atom stereocenters. The fourth-order valence-electron chi connectivity index (χ4n) is 3.14. The van der Waals surface area contributed by atoms with Gasteiger partial charge >= 0.3 is 11.9 Å². The van der Waals surface area contributed by atoms with Crippen LogP contribution in [0.1, 0.15) is 21.0 Å². The molecule has 4 aromatic rings. The molecule has 0 spiro atoms. The van der Waals surface area contributed by atoms with Crippen molar-refractivity contribution in [2.24, 2.45) is 0 Å². The first-order valence-corrected chi connectivity index (χ1v) is 9.13. The molecule has 146 valence electrons. The van der Waals surface area contributed by atoms with Crippen LogP contribution >= 0.6 is 0 Å². The summed E-state index contributed by atoms with van der Waals surface area (Å²) in [6.45, 7) is 0. The zero-order valence-corrected chi connectivity index (χ0v) is 15.7. The molecule has 30 heavy (non-hydrogen) atoms. The van der Waals surface area contributed by atoms with Gasteiger partial charge in [0.2, 0.25) is 0 Å². The Morgan fingerprint density at radius 1 is 0.533 bits per heavy atom. The van der Waals surface area contributed by atoms with E-state index in [4.69, 9.17) is 0 Å². The molecule has 0 aliphatic heterocycles. The molecule has 0 amide bonds. The first-order valence-electron chi connectivity index (χ1n) is 9.13. The van der Waals surface area contributed by atoms with Gasteiger partial charge in [-0.15, -0.1) is 0 Å². The predicted molar refractivity (Wildman–Crippen MR) is 112 cm³/mol. The zero-order chi connectivity index (χ0) is 21.1. The lowest BCUT2D eigenvalue weighted by atomic mass is 10.0. The van der Waals surface area contributed by atoms with Crippen molar-refractivity contribution in [2.75, 3.05) is 0 Å². The monoisotopic (exact) mass is 396 g/mol. The van der Waals surface area contributed by atoms with Gasteiger partial charge in [-0.2, -0.15) is 0 Å². The molecular formula is C24H16N2O4. The lowest BCUT2D eigenvalue weighted by Gasteiger charge is -2.10. The average molecular weight is 396 g/mol. The molecule has 6 nitrogen and oxygen atoms in total. The van der Waals surface area contributed by atoms with Gasteiger partial charge in [-0.1, -0.05) is 60.7 Å². The summed E-state index contributed by atoms with van der Waals surface area (Å²) in [5.74, 6) is -2.35. The SMILES string of the molecule is O=C(O)c1cc(-c2ccccc2)cc(-c2cc(-c3ccccc3)cc(C(=O)O)n2)n1. The summed E-state index contributed by atoms with van der Waals surface area (Å²) in [4.78, 5) is 31.7. The summed E-state index contributed by atoms with van der Waals surface area (Å²) in [7, 11) is 0. The third-order valence-corrected chi connectivity index (χ3v) is 4.57. The number of carbonyl (C=O) groups is 2. The Balaban J connectivity index is 1.93. The van der Waals surface area contributed by atoms with E-state index in [9.17, 15) is 19.8 Å². The highest BCUT2D eigenvalue weighted by molar-refractivity contribution is 5.90. The Labute approximate surface area is 172 Å². The van der Waals surface area contributed by atoms with Crippen LogP contribution in [0.15, 0.2) is 84.9 Å².